The fourth-order valence-corrected chi connectivity index (χ4v) is 3.55. The molecule has 4 rings (SSSR count). The van der Waals surface area contributed by atoms with Crippen molar-refractivity contribution in [1.82, 2.24) is 19.9 Å². The van der Waals surface area contributed by atoms with E-state index in [9.17, 15) is 0 Å². The summed E-state index contributed by atoms with van der Waals surface area (Å²) in [5, 5.41) is 7.67. The first-order valence-electron chi connectivity index (χ1n) is 9.91. The minimum absolute atomic E-state index is 0.402. The van der Waals surface area contributed by atoms with Crippen LogP contribution in [0.4, 0.5) is 0 Å². The Balaban J connectivity index is 1.51. The van der Waals surface area contributed by atoms with Crippen molar-refractivity contribution in [2.24, 2.45) is 0 Å². The van der Waals surface area contributed by atoms with Crippen LogP contribution in [-0.2, 0) is 13.2 Å². The predicted molar refractivity (Wildman–Crippen MR) is 127 cm³/mol. The lowest BCUT2D eigenvalue weighted by Gasteiger charge is -2.15. The second-order valence-electron chi connectivity index (χ2n) is 7.13. The normalized spacial score (nSPS) is 10.7. The smallest absolute Gasteiger partial charge is 0.214 e. The number of H-pyrrole nitrogens is 1. The minimum Gasteiger partial charge on any atom is -0.493 e. The van der Waals surface area contributed by atoms with Crippen molar-refractivity contribution in [3.8, 4) is 22.9 Å². The van der Waals surface area contributed by atoms with Crippen LogP contribution in [0.3, 0.4) is 0 Å². The van der Waals surface area contributed by atoms with Gasteiger partial charge in [-0.15, -0.1) is 0 Å². The maximum Gasteiger partial charge on any atom is 0.214 e. The first kappa shape index (κ1) is 21.9. The molecule has 2 aromatic carbocycles. The third-order valence-electron chi connectivity index (χ3n) is 4.89. The zero-order valence-electron chi connectivity index (χ0n) is 17.6. The van der Waals surface area contributed by atoms with Gasteiger partial charge in [0.25, 0.3) is 0 Å². The van der Waals surface area contributed by atoms with E-state index in [0.29, 0.717) is 40.3 Å². The summed E-state index contributed by atoms with van der Waals surface area (Å²) < 4.78 is 13.6. The Bertz CT molecular complexity index is 1260. The fraction of sp³-hybridized carbons (Fsp3) is 0.174. The Hall–Kier alpha value is -3.36. The minimum atomic E-state index is 0.402. The van der Waals surface area contributed by atoms with Gasteiger partial charge in [0.05, 0.1) is 13.7 Å². The molecule has 0 spiro atoms. The largest absolute Gasteiger partial charge is 0.493 e. The van der Waals surface area contributed by atoms with Gasteiger partial charge in [-0.2, -0.15) is 5.10 Å². The van der Waals surface area contributed by atoms with Crippen molar-refractivity contribution in [2.45, 2.75) is 20.1 Å². The molecule has 0 atom stereocenters. The highest BCUT2D eigenvalue weighted by molar-refractivity contribution is 7.71. The van der Waals surface area contributed by atoms with Crippen molar-refractivity contribution < 1.29 is 9.47 Å². The number of benzene rings is 2. The van der Waals surface area contributed by atoms with Crippen LogP contribution in [-0.4, -0.2) is 27.0 Å². The molecule has 164 valence electrons. The SMILES string of the molecule is COc1cc(CNn2c(-c3ccncc3)n[nH]c2=S)c(Cl)cc1OCc1ccc(C)cc1. The van der Waals surface area contributed by atoms with E-state index in [1.165, 1.54) is 5.56 Å². The molecule has 0 fully saturated rings. The lowest BCUT2D eigenvalue weighted by atomic mass is 10.1. The number of methoxy groups -OCH3 is 1. The molecule has 0 aliphatic heterocycles. The molecular formula is C23H22ClN5O2S. The third-order valence-corrected chi connectivity index (χ3v) is 5.51. The van der Waals surface area contributed by atoms with Crippen LogP contribution < -0.4 is 14.9 Å². The summed E-state index contributed by atoms with van der Waals surface area (Å²) in [6.07, 6.45) is 3.41. The monoisotopic (exact) mass is 467 g/mol. The average molecular weight is 468 g/mol. The summed E-state index contributed by atoms with van der Waals surface area (Å²) in [4.78, 5) is 4.04. The Labute approximate surface area is 196 Å². The zero-order chi connectivity index (χ0) is 22.5. The van der Waals surface area contributed by atoms with Gasteiger partial charge in [0.15, 0.2) is 17.3 Å². The highest BCUT2D eigenvalue weighted by atomic mass is 35.5. The lowest BCUT2D eigenvalue weighted by Crippen LogP contribution is -2.16. The summed E-state index contributed by atoms with van der Waals surface area (Å²) in [6.45, 7) is 2.88. The summed E-state index contributed by atoms with van der Waals surface area (Å²) >= 11 is 11.9. The number of nitrogens with one attached hydrogen (secondary N) is 2. The molecule has 9 heteroatoms. The van der Waals surface area contributed by atoms with E-state index in [-0.39, 0.29) is 0 Å². The number of ether oxygens (including phenoxy) is 2. The summed E-state index contributed by atoms with van der Waals surface area (Å²) in [5.41, 5.74) is 7.25. The predicted octanol–water partition coefficient (Wildman–Crippen LogP) is 5.30. The van der Waals surface area contributed by atoms with Crippen LogP contribution in [0.2, 0.25) is 5.02 Å². The van der Waals surface area contributed by atoms with Crippen LogP contribution in [0.5, 0.6) is 11.5 Å². The molecule has 0 amide bonds. The Morgan fingerprint density at radius 1 is 1.09 bits per heavy atom. The van der Waals surface area contributed by atoms with Crippen LogP contribution >= 0.6 is 23.8 Å². The summed E-state index contributed by atoms with van der Waals surface area (Å²) in [5.74, 6) is 1.83. The molecule has 2 aromatic heterocycles. The van der Waals surface area contributed by atoms with Crippen LogP contribution in [0, 0.1) is 11.7 Å². The van der Waals surface area contributed by atoms with Gasteiger partial charge in [-0.25, -0.2) is 9.77 Å². The molecule has 0 unspecified atom stereocenters. The Kier molecular flexibility index (Phi) is 6.72. The number of pyridine rings is 1. The molecule has 0 radical (unpaired) electrons. The van der Waals surface area contributed by atoms with Gasteiger partial charge in [0.2, 0.25) is 4.77 Å². The van der Waals surface area contributed by atoms with Crippen LogP contribution in [0.15, 0.2) is 60.9 Å². The molecule has 2 heterocycles. The highest BCUT2D eigenvalue weighted by Gasteiger charge is 2.13. The van der Waals surface area contributed by atoms with E-state index in [2.05, 4.69) is 39.7 Å². The first-order chi connectivity index (χ1) is 15.5. The van der Waals surface area contributed by atoms with Crippen molar-refractivity contribution in [3.05, 3.63) is 87.4 Å². The fourth-order valence-electron chi connectivity index (χ4n) is 3.13. The van der Waals surface area contributed by atoms with E-state index in [0.717, 1.165) is 16.7 Å². The summed E-state index contributed by atoms with van der Waals surface area (Å²) in [6, 6.07) is 15.5. The van der Waals surface area contributed by atoms with E-state index in [1.54, 1.807) is 30.2 Å². The number of aromatic amines is 1. The van der Waals surface area contributed by atoms with Gasteiger partial charge >= 0.3 is 0 Å². The van der Waals surface area contributed by atoms with Crippen molar-refractivity contribution in [3.63, 3.8) is 0 Å². The molecular weight excluding hydrogens is 446 g/mol. The highest BCUT2D eigenvalue weighted by Crippen LogP contribution is 2.34. The second kappa shape index (κ2) is 9.84. The molecule has 0 aliphatic carbocycles. The second-order valence-corrected chi connectivity index (χ2v) is 7.92. The lowest BCUT2D eigenvalue weighted by molar-refractivity contribution is 0.284. The zero-order valence-corrected chi connectivity index (χ0v) is 19.2. The molecule has 0 saturated heterocycles. The molecule has 4 aromatic rings. The number of hydrogen-bond acceptors (Lipinski definition) is 6. The maximum atomic E-state index is 6.56. The van der Waals surface area contributed by atoms with Crippen molar-refractivity contribution in [2.75, 3.05) is 12.5 Å². The van der Waals surface area contributed by atoms with Gasteiger partial charge in [-0.05, 0) is 48.5 Å². The van der Waals surface area contributed by atoms with Gasteiger partial charge in [-0.3, -0.25) is 4.98 Å². The van der Waals surface area contributed by atoms with Gasteiger partial charge in [-0.1, -0.05) is 41.4 Å². The van der Waals surface area contributed by atoms with Gasteiger partial charge in [0, 0.05) is 29.0 Å². The van der Waals surface area contributed by atoms with Crippen molar-refractivity contribution in [1.29, 1.82) is 0 Å². The van der Waals surface area contributed by atoms with Gasteiger partial charge < -0.3 is 14.9 Å². The topological polar surface area (TPSA) is 77.0 Å². The first-order valence-corrected chi connectivity index (χ1v) is 10.7. The van der Waals surface area contributed by atoms with E-state index in [1.807, 2.05) is 30.3 Å². The number of aryl methyl sites for hydroxylation is 1. The van der Waals surface area contributed by atoms with E-state index >= 15 is 0 Å². The standard InChI is InChI=1S/C23H22ClN5O2S/c1-15-3-5-16(6-4-15)14-31-21-12-19(24)18(11-20(21)30-2)13-26-29-22(27-28-23(29)32)17-7-9-25-10-8-17/h3-12,26H,13-14H2,1-2H3,(H,28,32). The molecule has 32 heavy (non-hydrogen) atoms. The Morgan fingerprint density at radius 2 is 1.84 bits per heavy atom. The van der Waals surface area contributed by atoms with Crippen molar-refractivity contribution >= 4 is 23.8 Å². The molecule has 0 bridgehead atoms. The van der Waals surface area contributed by atoms with E-state index in [4.69, 9.17) is 33.3 Å². The number of aromatic nitrogens is 4. The van der Waals surface area contributed by atoms with Crippen LogP contribution in [0.25, 0.3) is 11.4 Å². The molecule has 2 N–H and O–H groups in total. The van der Waals surface area contributed by atoms with E-state index < -0.39 is 0 Å². The maximum absolute atomic E-state index is 6.56. The van der Waals surface area contributed by atoms with Gasteiger partial charge in [0.1, 0.15) is 6.61 Å². The Morgan fingerprint density at radius 3 is 2.56 bits per heavy atom. The average Bonchev–Trinajstić information content (AvgIpc) is 3.18. The number of hydrogen-bond donors (Lipinski definition) is 2. The molecule has 0 aliphatic rings. The number of halogens is 1. The molecule has 7 nitrogen and oxygen atoms in total. The quantitative estimate of drug-likeness (QED) is 0.342. The van der Waals surface area contributed by atoms with Crippen LogP contribution in [0.1, 0.15) is 16.7 Å². The third kappa shape index (κ3) is 4.92. The summed E-state index contributed by atoms with van der Waals surface area (Å²) in [7, 11) is 1.60. The number of rotatable bonds is 8. The number of nitrogens with zero attached hydrogens (tertiary/aromatic N) is 3. The molecule has 0 saturated carbocycles.